The molecule has 0 unspecified atom stereocenters. The maximum Gasteiger partial charge on any atom is 0.142 e. The van der Waals surface area contributed by atoms with Crippen LogP contribution in [-0.4, -0.2) is 26.5 Å². The third-order valence-corrected chi connectivity index (χ3v) is 3.18. The molecule has 0 spiro atoms. The molecule has 0 saturated heterocycles. The van der Waals surface area contributed by atoms with Gasteiger partial charge < -0.3 is 9.64 Å². The van der Waals surface area contributed by atoms with Crippen molar-refractivity contribution in [3.8, 4) is 5.75 Å². The van der Waals surface area contributed by atoms with Crippen LogP contribution in [0.3, 0.4) is 0 Å². The minimum atomic E-state index is 0.307. The molecule has 1 aliphatic heterocycles. The quantitative estimate of drug-likeness (QED) is 0.723. The van der Waals surface area contributed by atoms with Crippen LogP contribution in [0.5, 0.6) is 5.75 Å². The van der Waals surface area contributed by atoms with Crippen LogP contribution < -0.4 is 9.64 Å². The Morgan fingerprint density at radius 3 is 2.81 bits per heavy atom. The number of benzene rings is 1. The van der Waals surface area contributed by atoms with E-state index in [9.17, 15) is 4.79 Å². The number of carbonyl (C=O) groups excluding carboxylic acids is 1. The fourth-order valence-corrected chi connectivity index (χ4v) is 2.21. The molecular formula is C13H17NO2. The van der Waals surface area contributed by atoms with Gasteiger partial charge in [0.15, 0.2) is 0 Å². The van der Waals surface area contributed by atoms with Gasteiger partial charge in [-0.1, -0.05) is 6.07 Å². The van der Waals surface area contributed by atoms with Gasteiger partial charge in [-0.25, -0.2) is 0 Å². The van der Waals surface area contributed by atoms with Crippen LogP contribution in [0.15, 0.2) is 12.1 Å². The first-order valence-electron chi connectivity index (χ1n) is 5.52. The first-order chi connectivity index (χ1) is 7.63. The zero-order chi connectivity index (χ0) is 11.7. The lowest BCUT2D eigenvalue weighted by Gasteiger charge is -2.22. The maximum absolute atomic E-state index is 11.7. The van der Waals surface area contributed by atoms with Crippen molar-refractivity contribution in [2.24, 2.45) is 0 Å². The summed E-state index contributed by atoms with van der Waals surface area (Å²) >= 11 is 0. The monoisotopic (exact) mass is 219 g/mol. The summed E-state index contributed by atoms with van der Waals surface area (Å²) in [5.41, 5.74) is 3.36. The number of rotatable bonds is 1. The number of fused-ring (bicyclic) bond motifs is 1. The molecule has 0 N–H and O–H groups in total. The van der Waals surface area contributed by atoms with E-state index >= 15 is 0 Å². The molecule has 1 aliphatic rings. The van der Waals surface area contributed by atoms with Crippen LogP contribution in [0.2, 0.25) is 0 Å². The van der Waals surface area contributed by atoms with Gasteiger partial charge in [0.2, 0.25) is 0 Å². The number of methoxy groups -OCH3 is 1. The largest absolute Gasteiger partial charge is 0.495 e. The SMILES string of the molecule is COc1ccc(C)c2c1N(C)CCC(=O)C2. The summed E-state index contributed by atoms with van der Waals surface area (Å²) in [6, 6.07) is 3.99. The summed E-state index contributed by atoms with van der Waals surface area (Å²) in [5, 5.41) is 0. The van der Waals surface area contributed by atoms with Gasteiger partial charge in [0, 0.05) is 26.4 Å². The van der Waals surface area contributed by atoms with Gasteiger partial charge in [0.25, 0.3) is 0 Å². The average molecular weight is 219 g/mol. The van der Waals surface area contributed by atoms with Gasteiger partial charge in [-0.05, 0) is 24.1 Å². The Kier molecular flexibility index (Phi) is 2.86. The number of nitrogens with zero attached hydrogens (tertiary/aromatic N) is 1. The van der Waals surface area contributed by atoms with E-state index in [1.165, 1.54) is 0 Å². The summed E-state index contributed by atoms with van der Waals surface area (Å²) in [4.78, 5) is 13.8. The minimum Gasteiger partial charge on any atom is -0.495 e. The molecule has 1 aromatic carbocycles. The zero-order valence-corrected chi connectivity index (χ0v) is 10.0. The zero-order valence-electron chi connectivity index (χ0n) is 10.0. The van der Waals surface area contributed by atoms with Crippen molar-refractivity contribution in [1.29, 1.82) is 0 Å². The van der Waals surface area contributed by atoms with Crippen molar-refractivity contribution in [3.63, 3.8) is 0 Å². The molecule has 1 aromatic rings. The van der Waals surface area contributed by atoms with Crippen LogP contribution in [-0.2, 0) is 11.2 Å². The second-order valence-corrected chi connectivity index (χ2v) is 4.30. The second kappa shape index (κ2) is 4.16. The summed E-state index contributed by atoms with van der Waals surface area (Å²) in [7, 11) is 3.69. The molecule has 0 aromatic heterocycles. The maximum atomic E-state index is 11.7. The predicted octanol–water partition coefficient (Wildman–Crippen LogP) is 1.96. The Bertz CT molecular complexity index is 426. The molecule has 3 nitrogen and oxygen atoms in total. The highest BCUT2D eigenvalue weighted by Crippen LogP contribution is 2.35. The highest BCUT2D eigenvalue weighted by atomic mass is 16.5. The molecule has 0 saturated carbocycles. The number of carbonyl (C=O) groups is 1. The van der Waals surface area contributed by atoms with Crippen molar-refractivity contribution < 1.29 is 9.53 Å². The molecule has 3 heteroatoms. The van der Waals surface area contributed by atoms with Crippen LogP contribution in [0, 0.1) is 6.92 Å². The van der Waals surface area contributed by atoms with E-state index in [2.05, 4.69) is 4.90 Å². The summed E-state index contributed by atoms with van der Waals surface area (Å²) < 4.78 is 5.38. The Hall–Kier alpha value is -1.51. The van der Waals surface area contributed by atoms with E-state index in [0.29, 0.717) is 18.6 Å². The van der Waals surface area contributed by atoms with Gasteiger partial charge in [-0.2, -0.15) is 0 Å². The van der Waals surface area contributed by atoms with E-state index < -0.39 is 0 Å². The lowest BCUT2D eigenvalue weighted by molar-refractivity contribution is -0.118. The fourth-order valence-electron chi connectivity index (χ4n) is 2.21. The van der Waals surface area contributed by atoms with E-state index in [-0.39, 0.29) is 0 Å². The summed E-state index contributed by atoms with van der Waals surface area (Å²) in [6.07, 6.45) is 1.15. The Morgan fingerprint density at radius 2 is 2.12 bits per heavy atom. The third-order valence-electron chi connectivity index (χ3n) is 3.18. The van der Waals surface area contributed by atoms with E-state index in [4.69, 9.17) is 4.74 Å². The number of ether oxygens (including phenoxy) is 1. The van der Waals surface area contributed by atoms with Crippen LogP contribution in [0.1, 0.15) is 17.5 Å². The average Bonchev–Trinajstić information content (AvgIpc) is 2.42. The number of Topliss-reactive ketones (excluding diaryl/α,β-unsaturated/α-hetero) is 1. The first-order valence-corrected chi connectivity index (χ1v) is 5.52. The Balaban J connectivity index is 2.60. The highest BCUT2D eigenvalue weighted by Gasteiger charge is 2.22. The van der Waals surface area contributed by atoms with Crippen LogP contribution in [0.25, 0.3) is 0 Å². The first kappa shape index (κ1) is 11.0. The van der Waals surface area contributed by atoms with Gasteiger partial charge in [-0.3, -0.25) is 4.79 Å². The lowest BCUT2D eigenvalue weighted by Crippen LogP contribution is -2.19. The van der Waals surface area contributed by atoms with Crippen molar-refractivity contribution in [2.45, 2.75) is 19.8 Å². The van der Waals surface area contributed by atoms with Crippen molar-refractivity contribution in [1.82, 2.24) is 0 Å². The van der Waals surface area contributed by atoms with Crippen LogP contribution >= 0.6 is 0 Å². The van der Waals surface area contributed by atoms with Gasteiger partial charge >= 0.3 is 0 Å². The number of anilines is 1. The van der Waals surface area contributed by atoms with Gasteiger partial charge in [-0.15, -0.1) is 0 Å². The number of aryl methyl sites for hydroxylation is 1. The van der Waals surface area contributed by atoms with Gasteiger partial charge in [0.1, 0.15) is 11.5 Å². The number of hydrogen-bond donors (Lipinski definition) is 0. The molecule has 0 amide bonds. The van der Waals surface area contributed by atoms with E-state index in [0.717, 1.165) is 29.1 Å². The molecule has 1 heterocycles. The Morgan fingerprint density at radius 1 is 1.38 bits per heavy atom. The smallest absolute Gasteiger partial charge is 0.142 e. The molecule has 2 rings (SSSR count). The van der Waals surface area contributed by atoms with Crippen molar-refractivity contribution in [3.05, 3.63) is 23.3 Å². The second-order valence-electron chi connectivity index (χ2n) is 4.30. The lowest BCUT2D eigenvalue weighted by atomic mass is 10.0. The molecule has 0 aliphatic carbocycles. The van der Waals surface area contributed by atoms with E-state index in [1.54, 1.807) is 7.11 Å². The molecule has 86 valence electrons. The third kappa shape index (κ3) is 1.77. The van der Waals surface area contributed by atoms with Crippen molar-refractivity contribution in [2.75, 3.05) is 25.6 Å². The molecular weight excluding hydrogens is 202 g/mol. The van der Waals surface area contributed by atoms with Gasteiger partial charge in [0.05, 0.1) is 12.8 Å². The summed E-state index contributed by atoms with van der Waals surface area (Å²) in [5.74, 6) is 1.17. The molecule has 16 heavy (non-hydrogen) atoms. The topological polar surface area (TPSA) is 29.5 Å². The normalized spacial score (nSPS) is 15.7. The minimum absolute atomic E-state index is 0.307. The molecule has 0 atom stereocenters. The molecule has 0 radical (unpaired) electrons. The van der Waals surface area contributed by atoms with Crippen molar-refractivity contribution >= 4 is 11.5 Å². The number of ketones is 1. The fraction of sp³-hybridized carbons (Fsp3) is 0.462. The highest BCUT2D eigenvalue weighted by molar-refractivity contribution is 5.86. The predicted molar refractivity (Wildman–Crippen MR) is 64.3 cm³/mol. The Labute approximate surface area is 96.0 Å². The number of hydrogen-bond acceptors (Lipinski definition) is 3. The standard InChI is InChI=1S/C13H17NO2/c1-9-4-5-12(16-3)13-11(9)8-10(15)6-7-14(13)2/h4-5H,6-8H2,1-3H3. The molecule has 0 bridgehead atoms. The van der Waals surface area contributed by atoms with Crippen LogP contribution in [0.4, 0.5) is 5.69 Å². The summed E-state index contributed by atoms with van der Waals surface area (Å²) in [6.45, 7) is 2.82. The van der Waals surface area contributed by atoms with E-state index in [1.807, 2.05) is 26.1 Å². The molecule has 0 fully saturated rings.